The number of benzene rings is 3. The molecule has 0 bridgehead atoms. The van der Waals surface area contributed by atoms with Crippen LogP contribution in [-0.4, -0.2) is 30.2 Å². The number of likely N-dealkylation sites (tertiary alicyclic amines) is 1. The number of methoxy groups -OCH3 is 1. The average Bonchev–Trinajstić information content (AvgIpc) is 3.29. The highest BCUT2D eigenvalue weighted by atomic mass is 35.5. The van der Waals surface area contributed by atoms with Crippen LogP contribution < -0.4 is 9.47 Å². The van der Waals surface area contributed by atoms with E-state index in [2.05, 4.69) is 6.07 Å². The number of amides is 1. The molecule has 1 saturated heterocycles. The third-order valence-corrected chi connectivity index (χ3v) is 7.62. The molecule has 1 fully saturated rings. The standard InChI is InChI=1S/C31H30ClNO5/c1-30(2,3)38-29(34)33-17-16-24-28-27-20(18-26(36-28)19-8-12-22(32)13-9-19)6-5-7-25(27)37-31(24,33)21-10-14-23(35-4)15-11-21/h5-15,18,24,28H,16-17H2,1-4H3/t24-,28+,31+/m1/s1. The molecule has 38 heavy (non-hydrogen) atoms. The number of carbonyl (C=O) groups excluding carboxylic acids is 1. The van der Waals surface area contributed by atoms with E-state index in [1.54, 1.807) is 12.0 Å². The van der Waals surface area contributed by atoms with Gasteiger partial charge in [-0.25, -0.2) is 4.79 Å². The van der Waals surface area contributed by atoms with Crippen LogP contribution in [0.3, 0.4) is 0 Å². The first-order chi connectivity index (χ1) is 18.2. The first-order valence-electron chi connectivity index (χ1n) is 12.8. The van der Waals surface area contributed by atoms with E-state index in [9.17, 15) is 4.79 Å². The average molecular weight is 532 g/mol. The van der Waals surface area contributed by atoms with Crippen molar-refractivity contribution in [1.29, 1.82) is 0 Å². The lowest BCUT2D eigenvalue weighted by Gasteiger charge is -2.49. The zero-order chi connectivity index (χ0) is 26.7. The Morgan fingerprint density at radius 1 is 1.05 bits per heavy atom. The molecule has 6 nitrogen and oxygen atoms in total. The van der Waals surface area contributed by atoms with Crippen LogP contribution in [-0.2, 0) is 15.2 Å². The molecule has 0 spiro atoms. The summed E-state index contributed by atoms with van der Waals surface area (Å²) in [7, 11) is 1.63. The number of hydrogen-bond acceptors (Lipinski definition) is 5. The maximum absolute atomic E-state index is 13.7. The van der Waals surface area contributed by atoms with Crippen molar-refractivity contribution in [1.82, 2.24) is 4.90 Å². The van der Waals surface area contributed by atoms with Crippen molar-refractivity contribution in [3.63, 3.8) is 0 Å². The lowest BCUT2D eigenvalue weighted by Crippen LogP contribution is -2.56. The highest BCUT2D eigenvalue weighted by Crippen LogP contribution is 2.59. The topological polar surface area (TPSA) is 57.2 Å². The number of halogens is 1. The van der Waals surface area contributed by atoms with Gasteiger partial charge in [0.05, 0.1) is 13.0 Å². The van der Waals surface area contributed by atoms with Crippen LogP contribution in [0.5, 0.6) is 11.5 Å². The van der Waals surface area contributed by atoms with E-state index in [1.165, 1.54) is 0 Å². The quantitative estimate of drug-likeness (QED) is 0.352. The summed E-state index contributed by atoms with van der Waals surface area (Å²) < 4.78 is 25.0. The molecule has 1 amide bonds. The molecule has 3 aromatic carbocycles. The van der Waals surface area contributed by atoms with Crippen molar-refractivity contribution < 1.29 is 23.7 Å². The highest BCUT2D eigenvalue weighted by molar-refractivity contribution is 6.30. The predicted molar refractivity (Wildman–Crippen MR) is 146 cm³/mol. The smallest absolute Gasteiger partial charge is 0.413 e. The second-order valence-electron chi connectivity index (χ2n) is 10.9. The summed E-state index contributed by atoms with van der Waals surface area (Å²) in [6, 6.07) is 21.3. The van der Waals surface area contributed by atoms with E-state index in [4.69, 9.17) is 30.5 Å². The zero-order valence-electron chi connectivity index (χ0n) is 21.9. The Labute approximate surface area is 227 Å². The van der Waals surface area contributed by atoms with Gasteiger partial charge in [-0.05, 0) is 93.4 Å². The van der Waals surface area contributed by atoms with Crippen LogP contribution in [0, 0.1) is 5.92 Å². The van der Waals surface area contributed by atoms with Gasteiger partial charge in [0, 0.05) is 28.3 Å². The minimum Gasteiger partial charge on any atom is -0.497 e. The fourth-order valence-corrected chi connectivity index (χ4v) is 5.91. The van der Waals surface area contributed by atoms with Gasteiger partial charge in [-0.3, -0.25) is 4.90 Å². The molecule has 0 aromatic heterocycles. The van der Waals surface area contributed by atoms with Crippen molar-refractivity contribution in [2.75, 3.05) is 13.7 Å². The van der Waals surface area contributed by atoms with Gasteiger partial charge in [0.15, 0.2) is 0 Å². The molecule has 196 valence electrons. The first-order valence-corrected chi connectivity index (χ1v) is 13.2. The molecule has 0 radical (unpaired) electrons. The van der Waals surface area contributed by atoms with E-state index in [-0.39, 0.29) is 12.0 Å². The third-order valence-electron chi connectivity index (χ3n) is 7.37. The molecule has 0 saturated carbocycles. The summed E-state index contributed by atoms with van der Waals surface area (Å²) in [4.78, 5) is 15.4. The van der Waals surface area contributed by atoms with E-state index in [0.717, 1.165) is 33.8 Å². The summed E-state index contributed by atoms with van der Waals surface area (Å²) in [5, 5.41) is 0.668. The lowest BCUT2D eigenvalue weighted by molar-refractivity contribution is -0.136. The summed E-state index contributed by atoms with van der Waals surface area (Å²) in [5.41, 5.74) is 2.06. The monoisotopic (exact) mass is 531 g/mol. The number of hydrogen-bond donors (Lipinski definition) is 0. The first kappa shape index (κ1) is 24.7. The molecular weight excluding hydrogens is 502 g/mol. The Morgan fingerprint density at radius 3 is 2.47 bits per heavy atom. The van der Waals surface area contributed by atoms with Crippen molar-refractivity contribution >= 4 is 29.5 Å². The van der Waals surface area contributed by atoms with Gasteiger partial charge in [-0.2, -0.15) is 0 Å². The van der Waals surface area contributed by atoms with Crippen molar-refractivity contribution in [2.45, 2.75) is 44.6 Å². The molecule has 6 rings (SSSR count). The molecule has 7 heteroatoms. The highest BCUT2D eigenvalue weighted by Gasteiger charge is 2.62. The number of nitrogens with zero attached hydrogens (tertiary/aromatic N) is 1. The van der Waals surface area contributed by atoms with Crippen LogP contribution in [0.2, 0.25) is 5.02 Å². The van der Waals surface area contributed by atoms with Gasteiger partial charge in [0.2, 0.25) is 5.72 Å². The maximum Gasteiger partial charge on any atom is 0.413 e. The molecule has 3 aliphatic rings. The van der Waals surface area contributed by atoms with Gasteiger partial charge >= 0.3 is 6.09 Å². The Balaban J connectivity index is 1.50. The van der Waals surface area contributed by atoms with E-state index >= 15 is 0 Å². The normalized spacial score (nSPS) is 23.4. The van der Waals surface area contributed by atoms with Gasteiger partial charge in [-0.1, -0.05) is 23.7 Å². The Morgan fingerprint density at radius 2 is 1.79 bits per heavy atom. The fraction of sp³-hybridized carbons (Fsp3) is 0.323. The summed E-state index contributed by atoms with van der Waals surface area (Å²) >= 11 is 6.15. The zero-order valence-corrected chi connectivity index (χ0v) is 22.6. The van der Waals surface area contributed by atoms with Crippen molar-refractivity contribution in [3.05, 3.63) is 94.0 Å². The van der Waals surface area contributed by atoms with Gasteiger partial charge in [0.25, 0.3) is 0 Å². The number of fused-ring (bicyclic) bond motifs is 2. The minimum absolute atomic E-state index is 0.187. The maximum atomic E-state index is 13.7. The van der Waals surface area contributed by atoms with Crippen LogP contribution in [0.25, 0.3) is 11.8 Å². The minimum atomic E-state index is -1.12. The molecule has 3 heterocycles. The molecule has 3 aliphatic heterocycles. The van der Waals surface area contributed by atoms with Gasteiger partial charge in [0.1, 0.15) is 29.0 Å². The van der Waals surface area contributed by atoms with Crippen LogP contribution in [0.15, 0.2) is 66.7 Å². The molecule has 0 unspecified atom stereocenters. The summed E-state index contributed by atoms with van der Waals surface area (Å²) in [5.74, 6) is 2.00. The number of ether oxygens (including phenoxy) is 4. The lowest BCUT2D eigenvalue weighted by atomic mass is 9.77. The number of carbonyl (C=O) groups is 1. The largest absolute Gasteiger partial charge is 0.497 e. The molecular formula is C31H30ClNO5. The second kappa shape index (κ2) is 8.98. The molecule has 0 aliphatic carbocycles. The Bertz CT molecular complexity index is 1410. The van der Waals surface area contributed by atoms with Crippen LogP contribution in [0.4, 0.5) is 4.79 Å². The summed E-state index contributed by atoms with van der Waals surface area (Å²) in [6.07, 6.45) is 1.97. The molecule has 3 aromatic rings. The number of rotatable bonds is 3. The van der Waals surface area contributed by atoms with Crippen molar-refractivity contribution in [2.24, 2.45) is 5.92 Å². The summed E-state index contributed by atoms with van der Waals surface area (Å²) in [6.45, 7) is 6.08. The molecule has 3 atom stereocenters. The van der Waals surface area contributed by atoms with E-state index < -0.39 is 17.4 Å². The Hall–Kier alpha value is -3.64. The van der Waals surface area contributed by atoms with Gasteiger partial charge < -0.3 is 18.9 Å². The molecule has 0 N–H and O–H groups in total. The fourth-order valence-electron chi connectivity index (χ4n) is 5.79. The second-order valence-corrected chi connectivity index (χ2v) is 11.3. The SMILES string of the molecule is COc1ccc([C@]23Oc4cccc5c4[C@@H](OC(c4ccc(Cl)cc4)=C5)[C@H]2CCN3C(=O)OC(C)(C)C)cc1. The van der Waals surface area contributed by atoms with E-state index in [1.807, 2.05) is 87.5 Å². The predicted octanol–water partition coefficient (Wildman–Crippen LogP) is 7.42. The van der Waals surface area contributed by atoms with Crippen LogP contribution in [0.1, 0.15) is 55.5 Å². The third kappa shape index (κ3) is 3.99. The van der Waals surface area contributed by atoms with Crippen molar-refractivity contribution in [3.8, 4) is 11.5 Å². The van der Waals surface area contributed by atoms with Gasteiger partial charge in [-0.15, -0.1) is 0 Å². The Kier molecular flexibility index (Phi) is 5.84. The van der Waals surface area contributed by atoms with Crippen LogP contribution >= 0.6 is 11.6 Å². The van der Waals surface area contributed by atoms with E-state index in [0.29, 0.717) is 23.7 Å².